The van der Waals surface area contributed by atoms with E-state index in [9.17, 15) is 0 Å². The van der Waals surface area contributed by atoms with Crippen molar-refractivity contribution in [2.75, 3.05) is 31.6 Å². The zero-order valence-corrected chi connectivity index (χ0v) is 15.2. The summed E-state index contributed by atoms with van der Waals surface area (Å²) in [4.78, 5) is 4.96. The molecule has 3 aromatic rings. The van der Waals surface area contributed by atoms with E-state index in [2.05, 4.69) is 63.4 Å². The first-order valence-electron chi connectivity index (χ1n) is 9.55. The predicted molar refractivity (Wildman–Crippen MR) is 106 cm³/mol. The molecular formula is C22H24N4. The van der Waals surface area contributed by atoms with Crippen LogP contribution in [-0.2, 0) is 6.54 Å². The van der Waals surface area contributed by atoms with Crippen molar-refractivity contribution in [3.63, 3.8) is 0 Å². The second kappa shape index (κ2) is 6.36. The van der Waals surface area contributed by atoms with Gasteiger partial charge in [-0.2, -0.15) is 10.2 Å². The van der Waals surface area contributed by atoms with Gasteiger partial charge in [0, 0.05) is 43.2 Å². The molecule has 0 aliphatic carbocycles. The van der Waals surface area contributed by atoms with Gasteiger partial charge in [0.1, 0.15) is 0 Å². The fraction of sp³-hybridized carbons (Fsp3) is 0.364. The fourth-order valence-electron chi connectivity index (χ4n) is 4.51. The Morgan fingerprint density at radius 2 is 1.88 bits per heavy atom. The number of anilines is 1. The van der Waals surface area contributed by atoms with Gasteiger partial charge in [-0.15, -0.1) is 0 Å². The quantitative estimate of drug-likeness (QED) is 0.708. The molecule has 1 saturated heterocycles. The van der Waals surface area contributed by atoms with E-state index >= 15 is 0 Å². The minimum Gasteiger partial charge on any atom is -0.372 e. The molecule has 0 saturated carbocycles. The molecule has 0 N–H and O–H groups in total. The molecule has 3 heterocycles. The first kappa shape index (κ1) is 15.8. The Labute approximate surface area is 154 Å². The highest BCUT2D eigenvalue weighted by atomic mass is 15.1. The van der Waals surface area contributed by atoms with Gasteiger partial charge in [0.2, 0.25) is 0 Å². The van der Waals surface area contributed by atoms with E-state index in [1.54, 1.807) is 6.20 Å². The van der Waals surface area contributed by atoms with Crippen LogP contribution in [0.1, 0.15) is 35.4 Å². The van der Waals surface area contributed by atoms with E-state index in [0.717, 1.165) is 24.0 Å². The van der Waals surface area contributed by atoms with Gasteiger partial charge in [0.15, 0.2) is 0 Å². The van der Waals surface area contributed by atoms with E-state index < -0.39 is 0 Å². The zero-order chi connectivity index (χ0) is 17.5. The number of fused-ring (bicyclic) bond motifs is 2. The van der Waals surface area contributed by atoms with Crippen molar-refractivity contribution in [2.45, 2.75) is 25.3 Å². The Morgan fingerprint density at radius 3 is 2.77 bits per heavy atom. The molecule has 0 radical (unpaired) electrons. The van der Waals surface area contributed by atoms with Crippen LogP contribution in [0, 0.1) is 0 Å². The summed E-state index contributed by atoms with van der Waals surface area (Å²) in [5, 5.41) is 9.51. The number of nitrogens with zero attached hydrogens (tertiary/aromatic N) is 4. The lowest BCUT2D eigenvalue weighted by molar-refractivity contribution is 0.295. The van der Waals surface area contributed by atoms with E-state index in [0.29, 0.717) is 5.92 Å². The van der Waals surface area contributed by atoms with Crippen molar-refractivity contribution >= 4 is 16.6 Å². The van der Waals surface area contributed by atoms with Crippen LogP contribution >= 0.6 is 0 Å². The number of benzene rings is 2. The molecule has 26 heavy (non-hydrogen) atoms. The lowest BCUT2D eigenvalue weighted by Crippen LogP contribution is -2.31. The third-order valence-corrected chi connectivity index (χ3v) is 5.85. The van der Waals surface area contributed by atoms with Crippen molar-refractivity contribution < 1.29 is 0 Å². The number of likely N-dealkylation sites (N-methyl/N-ethyl adjacent to an activating group) is 1. The van der Waals surface area contributed by atoms with E-state index in [1.165, 1.54) is 48.3 Å². The van der Waals surface area contributed by atoms with E-state index in [1.807, 2.05) is 6.07 Å². The van der Waals surface area contributed by atoms with Gasteiger partial charge < -0.3 is 9.80 Å². The normalized spacial score (nSPS) is 20.5. The molecule has 1 atom stereocenters. The largest absolute Gasteiger partial charge is 0.372 e. The average molecular weight is 344 g/mol. The van der Waals surface area contributed by atoms with Gasteiger partial charge in [-0.25, -0.2) is 0 Å². The summed E-state index contributed by atoms with van der Waals surface area (Å²) in [7, 11) is 2.22. The Hall–Kier alpha value is -2.46. The monoisotopic (exact) mass is 344 g/mol. The lowest BCUT2D eigenvalue weighted by Gasteiger charge is -2.33. The molecule has 2 aliphatic heterocycles. The van der Waals surface area contributed by atoms with Gasteiger partial charge in [-0.1, -0.05) is 18.2 Å². The number of hydrogen-bond donors (Lipinski definition) is 0. The third-order valence-electron chi connectivity index (χ3n) is 5.85. The van der Waals surface area contributed by atoms with Crippen LogP contribution in [0.2, 0.25) is 0 Å². The molecular weight excluding hydrogens is 320 g/mol. The standard InChI is InChI=1S/C22H24N4/c1-25-14-18-12-19(26-10-2-3-11-26)6-7-20(18)21(15-25)17-5-4-16-8-9-23-24-22(16)13-17/h4-9,12-13,21H,2-3,10-11,14-15H2,1H3. The molecule has 0 amide bonds. The average Bonchev–Trinajstić information content (AvgIpc) is 3.21. The Balaban J connectivity index is 1.55. The topological polar surface area (TPSA) is 32.3 Å². The van der Waals surface area contributed by atoms with E-state index in [4.69, 9.17) is 0 Å². The van der Waals surface area contributed by atoms with Gasteiger partial charge in [0.25, 0.3) is 0 Å². The van der Waals surface area contributed by atoms with Crippen LogP contribution in [0.3, 0.4) is 0 Å². The maximum absolute atomic E-state index is 4.31. The maximum atomic E-state index is 4.31. The lowest BCUT2D eigenvalue weighted by atomic mass is 9.84. The Bertz CT molecular complexity index is 946. The van der Waals surface area contributed by atoms with Crippen LogP contribution in [-0.4, -0.2) is 41.8 Å². The highest BCUT2D eigenvalue weighted by Gasteiger charge is 2.26. The minimum atomic E-state index is 0.391. The summed E-state index contributed by atoms with van der Waals surface area (Å²) in [6.07, 6.45) is 4.39. The van der Waals surface area contributed by atoms with Crippen molar-refractivity contribution in [1.29, 1.82) is 0 Å². The van der Waals surface area contributed by atoms with Crippen LogP contribution in [0.15, 0.2) is 48.7 Å². The zero-order valence-electron chi connectivity index (χ0n) is 15.2. The van der Waals surface area contributed by atoms with Gasteiger partial charge >= 0.3 is 0 Å². The summed E-state index contributed by atoms with van der Waals surface area (Å²) in [6.45, 7) is 4.46. The number of aromatic nitrogens is 2. The summed E-state index contributed by atoms with van der Waals surface area (Å²) < 4.78 is 0. The van der Waals surface area contributed by atoms with Crippen LogP contribution in [0.25, 0.3) is 10.9 Å². The first-order valence-corrected chi connectivity index (χ1v) is 9.55. The second-order valence-corrected chi connectivity index (χ2v) is 7.68. The van der Waals surface area contributed by atoms with Gasteiger partial charge in [0.05, 0.1) is 11.7 Å². The van der Waals surface area contributed by atoms with Crippen molar-refractivity contribution in [2.24, 2.45) is 0 Å². The number of rotatable bonds is 2. The summed E-state index contributed by atoms with van der Waals surface area (Å²) >= 11 is 0. The first-order chi connectivity index (χ1) is 12.8. The Kier molecular flexibility index (Phi) is 3.86. The summed E-state index contributed by atoms with van der Waals surface area (Å²) in [5.74, 6) is 0.391. The third kappa shape index (κ3) is 2.74. The summed E-state index contributed by atoms with van der Waals surface area (Å²) in [6, 6.07) is 15.8. The molecule has 1 aromatic heterocycles. The minimum absolute atomic E-state index is 0.391. The van der Waals surface area contributed by atoms with Gasteiger partial charge in [-0.05, 0) is 60.8 Å². The smallest absolute Gasteiger partial charge is 0.0932 e. The Morgan fingerprint density at radius 1 is 1.00 bits per heavy atom. The molecule has 132 valence electrons. The molecule has 1 fully saturated rings. The van der Waals surface area contributed by atoms with Crippen LogP contribution in [0.4, 0.5) is 5.69 Å². The molecule has 5 rings (SSSR count). The SMILES string of the molecule is CN1Cc2cc(N3CCCC3)ccc2C(c2ccc3ccnnc3c2)C1. The maximum Gasteiger partial charge on any atom is 0.0932 e. The van der Waals surface area contributed by atoms with Crippen molar-refractivity contribution in [3.8, 4) is 0 Å². The van der Waals surface area contributed by atoms with Gasteiger partial charge in [-0.3, -0.25) is 0 Å². The number of hydrogen-bond acceptors (Lipinski definition) is 4. The van der Waals surface area contributed by atoms with Crippen LogP contribution < -0.4 is 4.90 Å². The highest BCUT2D eigenvalue weighted by molar-refractivity contribution is 5.78. The van der Waals surface area contributed by atoms with Crippen molar-refractivity contribution in [3.05, 3.63) is 65.4 Å². The van der Waals surface area contributed by atoms with E-state index in [-0.39, 0.29) is 0 Å². The summed E-state index contributed by atoms with van der Waals surface area (Å²) in [5.41, 5.74) is 6.63. The predicted octanol–water partition coefficient (Wildman–Crippen LogP) is 3.81. The highest BCUT2D eigenvalue weighted by Crippen LogP contribution is 2.36. The molecule has 4 nitrogen and oxygen atoms in total. The fourth-order valence-corrected chi connectivity index (χ4v) is 4.51. The molecule has 4 heteroatoms. The molecule has 0 bridgehead atoms. The molecule has 2 aliphatic rings. The van der Waals surface area contributed by atoms with Crippen molar-refractivity contribution in [1.82, 2.24) is 15.1 Å². The second-order valence-electron chi connectivity index (χ2n) is 7.68. The molecule has 2 aromatic carbocycles. The molecule has 0 spiro atoms. The molecule has 1 unspecified atom stereocenters. The van der Waals surface area contributed by atoms with Crippen LogP contribution in [0.5, 0.6) is 0 Å².